The SMILES string of the molecule is CCCCC1CC[C@@H]2C[C@H](c3cc(F)c(-c4ccc(OCc5ccccc5)c(F)c4)c(F)c3)CC[C@@H]2C1. The highest BCUT2D eigenvalue weighted by Crippen LogP contribution is 2.49. The van der Waals surface area contributed by atoms with Gasteiger partial charge in [-0.1, -0.05) is 69.0 Å². The molecule has 2 saturated carbocycles. The molecule has 0 bridgehead atoms. The standard InChI is InChI=1S/C33H37F3O/c1-2-3-7-22-10-11-25-17-26(13-12-24(25)16-22)28-19-30(35)33(31(36)20-28)27-14-15-32(29(34)18-27)37-21-23-8-5-4-6-9-23/h4-6,8-9,14-15,18-20,22,24-26H,2-3,7,10-13,16-17,21H2,1H3/t22?,24-,25-,26-/m1/s1. The third-order valence-electron chi connectivity index (χ3n) is 8.68. The average molecular weight is 507 g/mol. The molecule has 1 nitrogen and oxygen atoms in total. The highest BCUT2D eigenvalue weighted by molar-refractivity contribution is 5.66. The Balaban J connectivity index is 1.26. The van der Waals surface area contributed by atoms with Gasteiger partial charge in [-0.15, -0.1) is 0 Å². The van der Waals surface area contributed by atoms with Gasteiger partial charge in [-0.05, 0) is 96.7 Å². The summed E-state index contributed by atoms with van der Waals surface area (Å²) in [5, 5.41) is 0. The van der Waals surface area contributed by atoms with Crippen molar-refractivity contribution in [1.82, 2.24) is 0 Å². The number of rotatable bonds is 8. The number of halogens is 3. The van der Waals surface area contributed by atoms with Crippen LogP contribution in [0.4, 0.5) is 13.2 Å². The van der Waals surface area contributed by atoms with E-state index < -0.39 is 17.5 Å². The van der Waals surface area contributed by atoms with Crippen molar-refractivity contribution in [2.75, 3.05) is 0 Å². The Bertz CT molecular complexity index is 1170. The van der Waals surface area contributed by atoms with E-state index in [1.807, 2.05) is 30.3 Å². The van der Waals surface area contributed by atoms with Crippen LogP contribution in [0.3, 0.4) is 0 Å². The largest absolute Gasteiger partial charge is 0.486 e. The van der Waals surface area contributed by atoms with Crippen molar-refractivity contribution in [3.8, 4) is 16.9 Å². The monoisotopic (exact) mass is 506 g/mol. The van der Waals surface area contributed by atoms with Crippen molar-refractivity contribution in [2.45, 2.75) is 77.2 Å². The summed E-state index contributed by atoms with van der Waals surface area (Å²) in [5.74, 6) is 0.664. The Kier molecular flexibility index (Phi) is 8.22. The third kappa shape index (κ3) is 6.05. The highest BCUT2D eigenvalue weighted by Gasteiger charge is 2.36. The molecule has 196 valence electrons. The molecule has 3 aromatic rings. The molecule has 37 heavy (non-hydrogen) atoms. The third-order valence-corrected chi connectivity index (χ3v) is 8.68. The zero-order chi connectivity index (χ0) is 25.8. The van der Waals surface area contributed by atoms with E-state index >= 15 is 8.78 Å². The molecule has 2 fully saturated rings. The first-order chi connectivity index (χ1) is 18.0. The summed E-state index contributed by atoms with van der Waals surface area (Å²) in [7, 11) is 0. The minimum Gasteiger partial charge on any atom is -0.486 e. The molecule has 2 aliphatic rings. The van der Waals surface area contributed by atoms with E-state index in [9.17, 15) is 4.39 Å². The fraction of sp³-hybridized carbons (Fsp3) is 0.455. The maximum Gasteiger partial charge on any atom is 0.165 e. The second-order valence-electron chi connectivity index (χ2n) is 11.1. The Labute approximate surface area is 219 Å². The summed E-state index contributed by atoms with van der Waals surface area (Å²) in [6, 6.07) is 16.5. The predicted molar refractivity (Wildman–Crippen MR) is 143 cm³/mol. The van der Waals surface area contributed by atoms with Gasteiger partial charge < -0.3 is 4.74 Å². The molecule has 0 saturated heterocycles. The Morgan fingerprint density at radius 3 is 2.24 bits per heavy atom. The average Bonchev–Trinajstić information content (AvgIpc) is 2.91. The van der Waals surface area contributed by atoms with Gasteiger partial charge in [-0.3, -0.25) is 0 Å². The molecule has 0 N–H and O–H groups in total. The summed E-state index contributed by atoms with van der Waals surface area (Å²) in [6.07, 6.45) is 11.0. The van der Waals surface area contributed by atoms with Gasteiger partial charge in [0, 0.05) is 0 Å². The molecule has 1 unspecified atom stereocenters. The van der Waals surface area contributed by atoms with E-state index in [0.29, 0.717) is 5.92 Å². The number of fused-ring (bicyclic) bond motifs is 1. The van der Waals surface area contributed by atoms with Crippen LogP contribution in [0.25, 0.3) is 11.1 Å². The smallest absolute Gasteiger partial charge is 0.165 e. The molecule has 3 aromatic carbocycles. The number of hydrogen-bond acceptors (Lipinski definition) is 1. The summed E-state index contributed by atoms with van der Waals surface area (Å²) in [6.45, 7) is 2.48. The second kappa shape index (κ2) is 11.8. The van der Waals surface area contributed by atoms with Crippen molar-refractivity contribution in [2.24, 2.45) is 17.8 Å². The van der Waals surface area contributed by atoms with Gasteiger partial charge in [0.2, 0.25) is 0 Å². The zero-order valence-corrected chi connectivity index (χ0v) is 21.7. The lowest BCUT2D eigenvalue weighted by atomic mass is 9.63. The van der Waals surface area contributed by atoms with Gasteiger partial charge in [-0.25, -0.2) is 13.2 Å². The zero-order valence-electron chi connectivity index (χ0n) is 21.7. The molecular weight excluding hydrogens is 469 g/mol. The van der Waals surface area contributed by atoms with Crippen molar-refractivity contribution in [3.05, 3.63) is 89.2 Å². The number of hydrogen-bond donors (Lipinski definition) is 0. The molecule has 0 heterocycles. The van der Waals surface area contributed by atoms with Crippen LogP contribution in [0, 0.1) is 35.2 Å². The van der Waals surface area contributed by atoms with Crippen molar-refractivity contribution in [3.63, 3.8) is 0 Å². The molecule has 4 heteroatoms. The summed E-state index contributed by atoms with van der Waals surface area (Å²) >= 11 is 0. The summed E-state index contributed by atoms with van der Waals surface area (Å²) < 4.78 is 50.9. The lowest BCUT2D eigenvalue weighted by Gasteiger charge is -2.42. The fourth-order valence-corrected chi connectivity index (χ4v) is 6.66. The van der Waals surface area contributed by atoms with Crippen LogP contribution < -0.4 is 4.74 Å². The van der Waals surface area contributed by atoms with Gasteiger partial charge in [0.15, 0.2) is 11.6 Å². The van der Waals surface area contributed by atoms with Crippen LogP contribution in [0.2, 0.25) is 0 Å². The topological polar surface area (TPSA) is 9.23 Å². The van der Waals surface area contributed by atoms with E-state index in [1.54, 1.807) is 0 Å². The molecule has 0 aromatic heterocycles. The number of ether oxygens (including phenoxy) is 1. The number of benzene rings is 3. The quantitative estimate of drug-likeness (QED) is 0.295. The van der Waals surface area contributed by atoms with E-state index in [1.165, 1.54) is 62.8 Å². The lowest BCUT2D eigenvalue weighted by molar-refractivity contribution is 0.113. The number of unbranched alkanes of at least 4 members (excludes halogenated alkanes) is 1. The Hall–Kier alpha value is -2.75. The highest BCUT2D eigenvalue weighted by atomic mass is 19.1. The minimum absolute atomic E-state index is 0.0613. The van der Waals surface area contributed by atoms with Crippen LogP contribution in [0.15, 0.2) is 60.7 Å². The summed E-state index contributed by atoms with van der Waals surface area (Å²) in [5.41, 5.74) is 1.66. The van der Waals surface area contributed by atoms with E-state index in [4.69, 9.17) is 4.74 Å². The fourth-order valence-electron chi connectivity index (χ4n) is 6.66. The molecule has 0 aliphatic heterocycles. The molecule has 2 aliphatic carbocycles. The van der Waals surface area contributed by atoms with Crippen LogP contribution >= 0.6 is 0 Å². The molecule has 4 atom stereocenters. The van der Waals surface area contributed by atoms with Crippen molar-refractivity contribution < 1.29 is 17.9 Å². The predicted octanol–water partition coefficient (Wildman–Crippen LogP) is 9.84. The molecule has 0 amide bonds. The van der Waals surface area contributed by atoms with Gasteiger partial charge in [-0.2, -0.15) is 0 Å². The van der Waals surface area contributed by atoms with Crippen LogP contribution in [-0.4, -0.2) is 0 Å². The maximum atomic E-state index is 15.3. The van der Waals surface area contributed by atoms with E-state index in [0.717, 1.165) is 48.3 Å². The maximum absolute atomic E-state index is 15.3. The minimum atomic E-state index is -0.635. The summed E-state index contributed by atoms with van der Waals surface area (Å²) in [4.78, 5) is 0. The first-order valence-electron chi connectivity index (χ1n) is 14.0. The van der Waals surface area contributed by atoms with Gasteiger partial charge in [0.05, 0.1) is 5.56 Å². The van der Waals surface area contributed by atoms with Gasteiger partial charge >= 0.3 is 0 Å². The van der Waals surface area contributed by atoms with Crippen LogP contribution in [-0.2, 0) is 6.61 Å². The molecule has 5 rings (SSSR count). The molecule has 0 spiro atoms. The molecular formula is C33H37F3O. The Morgan fingerprint density at radius 2 is 1.51 bits per heavy atom. The normalized spacial score (nSPS) is 23.5. The van der Waals surface area contributed by atoms with Gasteiger partial charge in [0.25, 0.3) is 0 Å². The van der Waals surface area contributed by atoms with Crippen LogP contribution in [0.5, 0.6) is 5.75 Å². The van der Waals surface area contributed by atoms with Crippen LogP contribution in [0.1, 0.15) is 81.8 Å². The lowest BCUT2D eigenvalue weighted by Crippen LogP contribution is -2.30. The van der Waals surface area contributed by atoms with Crippen molar-refractivity contribution >= 4 is 0 Å². The first kappa shape index (κ1) is 25.9. The van der Waals surface area contributed by atoms with Crippen molar-refractivity contribution in [1.29, 1.82) is 0 Å². The first-order valence-corrected chi connectivity index (χ1v) is 14.0. The second-order valence-corrected chi connectivity index (χ2v) is 11.1. The molecule has 0 radical (unpaired) electrons. The van der Waals surface area contributed by atoms with Gasteiger partial charge in [0.1, 0.15) is 18.2 Å². The van der Waals surface area contributed by atoms with E-state index in [-0.39, 0.29) is 29.4 Å². The van der Waals surface area contributed by atoms with E-state index in [2.05, 4.69) is 6.92 Å². The Morgan fingerprint density at radius 1 is 0.784 bits per heavy atom.